The average molecular weight is 247 g/mol. The number of hydrogen-bond donors (Lipinski definition) is 0. The Morgan fingerprint density at radius 1 is 0.947 bits per heavy atom. The highest BCUT2D eigenvalue weighted by Crippen LogP contribution is 2.25. The lowest BCUT2D eigenvalue weighted by atomic mass is 10.1. The number of nitrogens with zero attached hydrogens (tertiary/aromatic N) is 3. The van der Waals surface area contributed by atoms with E-state index in [2.05, 4.69) is 12.1 Å². The molecular formula is C16H13N3. The summed E-state index contributed by atoms with van der Waals surface area (Å²) in [6.07, 6.45) is 0. The van der Waals surface area contributed by atoms with Crippen LogP contribution in [0.4, 0.5) is 11.4 Å². The zero-order valence-corrected chi connectivity index (χ0v) is 10.9. The maximum atomic E-state index is 8.93. The lowest BCUT2D eigenvalue weighted by Gasteiger charge is -2.20. The molecule has 0 saturated heterocycles. The fourth-order valence-corrected chi connectivity index (χ4v) is 1.92. The first-order valence-electron chi connectivity index (χ1n) is 5.90. The summed E-state index contributed by atoms with van der Waals surface area (Å²) in [5.74, 6) is 0. The van der Waals surface area contributed by atoms with Gasteiger partial charge < -0.3 is 4.90 Å². The van der Waals surface area contributed by atoms with Gasteiger partial charge in [-0.1, -0.05) is 6.07 Å². The molecule has 0 saturated carbocycles. The van der Waals surface area contributed by atoms with Crippen molar-refractivity contribution >= 4 is 11.4 Å². The highest BCUT2D eigenvalue weighted by Gasteiger charge is 2.06. The molecule has 0 unspecified atom stereocenters. The van der Waals surface area contributed by atoms with Gasteiger partial charge in [0.25, 0.3) is 0 Å². The topological polar surface area (TPSA) is 50.8 Å². The van der Waals surface area contributed by atoms with E-state index in [1.165, 1.54) is 0 Å². The first-order chi connectivity index (χ1) is 9.15. The molecule has 0 aliphatic carbocycles. The predicted molar refractivity (Wildman–Crippen MR) is 75.1 cm³/mol. The van der Waals surface area contributed by atoms with Gasteiger partial charge in [0.2, 0.25) is 0 Å². The standard InChI is InChI=1S/C16H13N3/c1-12-8-16(7-6-14(12)11-18)19(2)15-5-3-4-13(9-15)10-17/h3-9H,1-2H3. The van der Waals surface area contributed by atoms with Crippen molar-refractivity contribution in [2.24, 2.45) is 0 Å². The van der Waals surface area contributed by atoms with Crippen LogP contribution in [0.3, 0.4) is 0 Å². The highest BCUT2D eigenvalue weighted by molar-refractivity contribution is 5.65. The molecule has 0 aliphatic rings. The van der Waals surface area contributed by atoms with Crippen molar-refractivity contribution in [2.75, 3.05) is 11.9 Å². The van der Waals surface area contributed by atoms with Crippen LogP contribution < -0.4 is 4.90 Å². The fraction of sp³-hybridized carbons (Fsp3) is 0.125. The second kappa shape index (κ2) is 5.25. The first-order valence-corrected chi connectivity index (χ1v) is 5.90. The second-order valence-corrected chi connectivity index (χ2v) is 4.33. The highest BCUT2D eigenvalue weighted by atomic mass is 15.1. The van der Waals surface area contributed by atoms with E-state index in [9.17, 15) is 0 Å². The van der Waals surface area contributed by atoms with Crippen molar-refractivity contribution in [3.63, 3.8) is 0 Å². The van der Waals surface area contributed by atoms with E-state index in [4.69, 9.17) is 10.5 Å². The van der Waals surface area contributed by atoms with Gasteiger partial charge in [-0.25, -0.2) is 0 Å². The quantitative estimate of drug-likeness (QED) is 0.816. The van der Waals surface area contributed by atoms with E-state index >= 15 is 0 Å². The Kier molecular flexibility index (Phi) is 3.50. The Morgan fingerprint density at radius 3 is 2.32 bits per heavy atom. The smallest absolute Gasteiger partial charge is 0.0994 e. The van der Waals surface area contributed by atoms with Crippen LogP contribution in [0.2, 0.25) is 0 Å². The molecule has 0 amide bonds. The normalized spacial score (nSPS) is 9.47. The minimum atomic E-state index is 0.634. The van der Waals surface area contributed by atoms with Crippen LogP contribution >= 0.6 is 0 Å². The molecule has 3 nitrogen and oxygen atoms in total. The number of anilines is 2. The third kappa shape index (κ3) is 2.56. The number of rotatable bonds is 2. The molecule has 19 heavy (non-hydrogen) atoms. The van der Waals surface area contributed by atoms with Crippen LogP contribution in [0, 0.1) is 29.6 Å². The molecule has 0 aliphatic heterocycles. The van der Waals surface area contributed by atoms with Crippen LogP contribution in [0.5, 0.6) is 0 Å². The van der Waals surface area contributed by atoms with Gasteiger partial charge in [0.15, 0.2) is 0 Å². The maximum absolute atomic E-state index is 8.93. The Balaban J connectivity index is 2.39. The SMILES string of the molecule is Cc1cc(N(C)c2cccc(C#N)c2)ccc1C#N. The van der Waals surface area contributed by atoms with Crippen molar-refractivity contribution in [2.45, 2.75) is 6.92 Å². The minimum absolute atomic E-state index is 0.634. The van der Waals surface area contributed by atoms with E-state index in [0.717, 1.165) is 16.9 Å². The number of aryl methyl sites for hydroxylation is 1. The van der Waals surface area contributed by atoms with E-state index in [1.54, 1.807) is 6.07 Å². The van der Waals surface area contributed by atoms with Crippen molar-refractivity contribution in [1.29, 1.82) is 10.5 Å². The maximum Gasteiger partial charge on any atom is 0.0994 e. The minimum Gasteiger partial charge on any atom is -0.345 e. The molecule has 92 valence electrons. The Hall–Kier alpha value is -2.78. The van der Waals surface area contributed by atoms with E-state index in [1.807, 2.05) is 55.3 Å². The molecule has 0 N–H and O–H groups in total. The summed E-state index contributed by atoms with van der Waals surface area (Å²) in [7, 11) is 1.94. The van der Waals surface area contributed by atoms with Crippen LogP contribution in [0.1, 0.15) is 16.7 Å². The van der Waals surface area contributed by atoms with Gasteiger partial charge in [-0.3, -0.25) is 0 Å². The first kappa shape index (κ1) is 12.7. The largest absolute Gasteiger partial charge is 0.345 e. The second-order valence-electron chi connectivity index (χ2n) is 4.33. The Labute approximate surface area is 112 Å². The molecule has 0 spiro atoms. The van der Waals surface area contributed by atoms with Crippen molar-refractivity contribution in [3.05, 3.63) is 59.2 Å². The summed E-state index contributed by atoms with van der Waals surface area (Å²) in [6, 6.07) is 17.4. The molecular weight excluding hydrogens is 234 g/mol. The Morgan fingerprint density at radius 2 is 1.68 bits per heavy atom. The molecule has 0 bridgehead atoms. The van der Waals surface area contributed by atoms with Crippen LogP contribution in [-0.4, -0.2) is 7.05 Å². The van der Waals surface area contributed by atoms with Crippen molar-refractivity contribution in [3.8, 4) is 12.1 Å². The van der Waals surface area contributed by atoms with E-state index in [0.29, 0.717) is 11.1 Å². The average Bonchev–Trinajstić information content (AvgIpc) is 2.46. The number of hydrogen-bond acceptors (Lipinski definition) is 3. The van der Waals surface area contributed by atoms with E-state index < -0.39 is 0 Å². The van der Waals surface area contributed by atoms with Gasteiger partial charge in [-0.15, -0.1) is 0 Å². The molecule has 2 aromatic rings. The molecule has 0 fully saturated rings. The summed E-state index contributed by atoms with van der Waals surface area (Å²) in [4.78, 5) is 2.00. The van der Waals surface area contributed by atoms with Crippen molar-refractivity contribution in [1.82, 2.24) is 0 Å². The van der Waals surface area contributed by atoms with Crippen LogP contribution in [0.15, 0.2) is 42.5 Å². The van der Waals surface area contributed by atoms with Gasteiger partial charge in [0.05, 0.1) is 23.3 Å². The van der Waals surface area contributed by atoms with Gasteiger partial charge >= 0.3 is 0 Å². The van der Waals surface area contributed by atoms with Gasteiger partial charge in [0, 0.05) is 18.4 Å². The lowest BCUT2D eigenvalue weighted by Crippen LogP contribution is -2.09. The third-order valence-corrected chi connectivity index (χ3v) is 3.08. The summed E-state index contributed by atoms with van der Waals surface area (Å²) in [5, 5.41) is 17.9. The monoisotopic (exact) mass is 247 g/mol. The molecule has 0 radical (unpaired) electrons. The Bertz CT molecular complexity index is 690. The van der Waals surface area contributed by atoms with Crippen molar-refractivity contribution < 1.29 is 0 Å². The zero-order valence-electron chi connectivity index (χ0n) is 10.9. The summed E-state index contributed by atoms with van der Waals surface area (Å²) in [6.45, 7) is 1.92. The summed E-state index contributed by atoms with van der Waals surface area (Å²) in [5.41, 5.74) is 4.20. The zero-order chi connectivity index (χ0) is 13.8. The number of benzene rings is 2. The molecule has 0 atom stereocenters. The lowest BCUT2D eigenvalue weighted by molar-refractivity contribution is 1.20. The van der Waals surface area contributed by atoms with Gasteiger partial charge in [-0.05, 0) is 48.9 Å². The van der Waals surface area contributed by atoms with Gasteiger partial charge in [-0.2, -0.15) is 10.5 Å². The summed E-state index contributed by atoms with van der Waals surface area (Å²) < 4.78 is 0. The van der Waals surface area contributed by atoms with Crippen LogP contribution in [-0.2, 0) is 0 Å². The van der Waals surface area contributed by atoms with Gasteiger partial charge in [0.1, 0.15) is 0 Å². The molecule has 2 rings (SSSR count). The van der Waals surface area contributed by atoms with E-state index in [-0.39, 0.29) is 0 Å². The third-order valence-electron chi connectivity index (χ3n) is 3.08. The summed E-state index contributed by atoms with van der Waals surface area (Å²) >= 11 is 0. The molecule has 3 heteroatoms. The predicted octanol–water partition coefficient (Wildman–Crippen LogP) is 3.51. The van der Waals surface area contributed by atoms with Crippen LogP contribution in [0.25, 0.3) is 0 Å². The number of nitriles is 2. The molecule has 0 heterocycles. The fourth-order valence-electron chi connectivity index (χ4n) is 1.92. The molecule has 2 aromatic carbocycles. The molecule has 0 aromatic heterocycles.